The molecule has 0 atom stereocenters. The molecule has 0 spiro atoms. The molecule has 2 amide bonds. The van der Waals surface area contributed by atoms with Gasteiger partial charge in [0.25, 0.3) is 11.8 Å². The standard InChI is InChI=1S/C25H21N3O2/c1-17-7-9-18(10-8-17)16-27-24(29)20-11-13-21(14-12-20)25(30)28-22-6-2-4-19-5-3-15-26-23(19)22/h2-15H,16H2,1H3,(H,27,29)(H,28,30). The van der Waals surface area contributed by atoms with Crippen molar-refractivity contribution >= 4 is 28.4 Å². The van der Waals surface area contributed by atoms with E-state index >= 15 is 0 Å². The van der Waals surface area contributed by atoms with Crippen LogP contribution in [0, 0.1) is 6.92 Å². The molecule has 2 N–H and O–H groups in total. The highest BCUT2D eigenvalue weighted by Gasteiger charge is 2.11. The number of anilines is 1. The predicted molar refractivity (Wildman–Crippen MR) is 118 cm³/mol. The summed E-state index contributed by atoms with van der Waals surface area (Å²) in [5, 5.41) is 6.75. The second-order valence-electron chi connectivity index (χ2n) is 7.08. The van der Waals surface area contributed by atoms with Gasteiger partial charge in [-0.25, -0.2) is 0 Å². The van der Waals surface area contributed by atoms with E-state index in [1.54, 1.807) is 30.5 Å². The summed E-state index contributed by atoms with van der Waals surface area (Å²) >= 11 is 0. The number of fused-ring (bicyclic) bond motifs is 1. The maximum Gasteiger partial charge on any atom is 0.255 e. The van der Waals surface area contributed by atoms with Crippen LogP contribution in [0.2, 0.25) is 0 Å². The average Bonchev–Trinajstić information content (AvgIpc) is 2.79. The third-order valence-corrected chi connectivity index (χ3v) is 4.86. The van der Waals surface area contributed by atoms with Crippen LogP contribution in [0.15, 0.2) is 85.1 Å². The third kappa shape index (κ3) is 4.36. The molecule has 148 valence electrons. The smallest absolute Gasteiger partial charge is 0.255 e. The number of nitrogens with zero attached hydrogens (tertiary/aromatic N) is 1. The number of nitrogens with one attached hydrogen (secondary N) is 2. The summed E-state index contributed by atoms with van der Waals surface area (Å²) in [7, 11) is 0. The Morgan fingerprint density at radius 2 is 1.47 bits per heavy atom. The zero-order valence-electron chi connectivity index (χ0n) is 16.6. The number of pyridine rings is 1. The van der Waals surface area contributed by atoms with Gasteiger partial charge in [-0.05, 0) is 48.9 Å². The molecule has 0 radical (unpaired) electrons. The highest BCUT2D eigenvalue weighted by molar-refractivity contribution is 6.08. The fourth-order valence-electron chi connectivity index (χ4n) is 3.16. The molecule has 0 saturated heterocycles. The first kappa shape index (κ1) is 19.3. The lowest BCUT2D eigenvalue weighted by molar-refractivity contribution is 0.0949. The molecule has 30 heavy (non-hydrogen) atoms. The number of hydrogen-bond donors (Lipinski definition) is 2. The van der Waals surface area contributed by atoms with Gasteiger partial charge in [0, 0.05) is 29.3 Å². The molecule has 5 heteroatoms. The first-order valence-electron chi connectivity index (χ1n) is 9.69. The summed E-state index contributed by atoms with van der Waals surface area (Å²) in [5.74, 6) is -0.430. The quantitative estimate of drug-likeness (QED) is 0.513. The second-order valence-corrected chi connectivity index (χ2v) is 7.08. The number of aryl methyl sites for hydroxylation is 1. The number of benzene rings is 3. The Kier molecular flexibility index (Phi) is 5.52. The van der Waals surface area contributed by atoms with Gasteiger partial charge in [-0.1, -0.05) is 48.0 Å². The van der Waals surface area contributed by atoms with Crippen LogP contribution in [-0.2, 0) is 6.54 Å². The molecule has 1 aromatic heterocycles. The number of carbonyl (C=O) groups excluding carboxylic acids is 2. The highest BCUT2D eigenvalue weighted by Crippen LogP contribution is 2.21. The van der Waals surface area contributed by atoms with Crippen LogP contribution in [0.4, 0.5) is 5.69 Å². The number of hydrogen-bond acceptors (Lipinski definition) is 3. The van der Waals surface area contributed by atoms with E-state index in [0.717, 1.165) is 16.5 Å². The highest BCUT2D eigenvalue weighted by atomic mass is 16.2. The minimum Gasteiger partial charge on any atom is -0.348 e. The van der Waals surface area contributed by atoms with E-state index in [1.165, 1.54) is 5.56 Å². The van der Waals surface area contributed by atoms with Crippen molar-refractivity contribution < 1.29 is 9.59 Å². The van der Waals surface area contributed by atoms with E-state index in [4.69, 9.17) is 0 Å². The molecular formula is C25H21N3O2. The molecule has 0 aliphatic carbocycles. The van der Waals surface area contributed by atoms with Crippen molar-refractivity contribution in [2.75, 3.05) is 5.32 Å². The molecule has 0 aliphatic rings. The lowest BCUT2D eigenvalue weighted by atomic mass is 10.1. The van der Waals surface area contributed by atoms with Crippen LogP contribution < -0.4 is 10.6 Å². The van der Waals surface area contributed by atoms with E-state index in [-0.39, 0.29) is 11.8 Å². The monoisotopic (exact) mass is 395 g/mol. The second kappa shape index (κ2) is 8.57. The predicted octanol–water partition coefficient (Wildman–Crippen LogP) is 4.73. The summed E-state index contributed by atoms with van der Waals surface area (Å²) in [4.78, 5) is 29.4. The van der Waals surface area contributed by atoms with E-state index in [2.05, 4.69) is 15.6 Å². The van der Waals surface area contributed by atoms with Crippen LogP contribution >= 0.6 is 0 Å². The van der Waals surface area contributed by atoms with Crippen LogP contribution in [0.3, 0.4) is 0 Å². The van der Waals surface area contributed by atoms with Gasteiger partial charge in [0.15, 0.2) is 0 Å². The van der Waals surface area contributed by atoms with Gasteiger partial charge in [0.05, 0.1) is 11.2 Å². The van der Waals surface area contributed by atoms with Crippen molar-refractivity contribution in [3.8, 4) is 0 Å². The number of aromatic nitrogens is 1. The van der Waals surface area contributed by atoms with Crippen molar-refractivity contribution in [1.29, 1.82) is 0 Å². The Labute approximate surface area is 174 Å². The number of amides is 2. The van der Waals surface area contributed by atoms with E-state index in [9.17, 15) is 9.59 Å². The van der Waals surface area contributed by atoms with Crippen LogP contribution in [0.25, 0.3) is 10.9 Å². The molecule has 3 aromatic carbocycles. The van der Waals surface area contributed by atoms with E-state index < -0.39 is 0 Å². The Bertz CT molecular complexity index is 1190. The van der Waals surface area contributed by atoms with Crippen molar-refractivity contribution in [2.24, 2.45) is 0 Å². The normalized spacial score (nSPS) is 10.6. The van der Waals surface area contributed by atoms with Gasteiger partial charge in [-0.3, -0.25) is 14.6 Å². The molecule has 1 heterocycles. The first-order valence-corrected chi connectivity index (χ1v) is 9.69. The van der Waals surface area contributed by atoms with E-state index in [0.29, 0.717) is 23.4 Å². The average molecular weight is 395 g/mol. The van der Waals surface area contributed by atoms with Crippen molar-refractivity contribution in [3.05, 3.63) is 107 Å². The molecule has 0 unspecified atom stereocenters. The molecule has 5 nitrogen and oxygen atoms in total. The zero-order chi connectivity index (χ0) is 20.9. The molecule has 0 bridgehead atoms. The van der Waals surface area contributed by atoms with Crippen molar-refractivity contribution in [2.45, 2.75) is 13.5 Å². The van der Waals surface area contributed by atoms with E-state index in [1.807, 2.05) is 61.5 Å². The first-order chi connectivity index (χ1) is 14.6. The molecular weight excluding hydrogens is 374 g/mol. The van der Waals surface area contributed by atoms with Crippen molar-refractivity contribution in [3.63, 3.8) is 0 Å². The van der Waals surface area contributed by atoms with Gasteiger partial charge >= 0.3 is 0 Å². The van der Waals surface area contributed by atoms with Gasteiger partial charge in [-0.15, -0.1) is 0 Å². The fraction of sp³-hybridized carbons (Fsp3) is 0.0800. The summed E-state index contributed by atoms with van der Waals surface area (Å²) in [6, 6.07) is 24.1. The SMILES string of the molecule is Cc1ccc(CNC(=O)c2ccc(C(=O)Nc3cccc4cccnc34)cc2)cc1. The van der Waals surface area contributed by atoms with Gasteiger partial charge in [0.2, 0.25) is 0 Å². The number of para-hydroxylation sites is 1. The van der Waals surface area contributed by atoms with Crippen LogP contribution in [0.5, 0.6) is 0 Å². The number of rotatable bonds is 5. The molecule has 0 fully saturated rings. The van der Waals surface area contributed by atoms with Gasteiger partial charge in [-0.2, -0.15) is 0 Å². The Hall–Kier alpha value is -3.99. The molecule has 4 aromatic rings. The largest absolute Gasteiger partial charge is 0.348 e. The van der Waals surface area contributed by atoms with Crippen molar-refractivity contribution in [1.82, 2.24) is 10.3 Å². The number of carbonyl (C=O) groups is 2. The molecule has 0 saturated carbocycles. The maximum atomic E-state index is 12.6. The Morgan fingerprint density at radius 3 is 2.20 bits per heavy atom. The summed E-state index contributed by atoms with van der Waals surface area (Å²) < 4.78 is 0. The minimum atomic E-state index is -0.250. The van der Waals surface area contributed by atoms with Crippen LogP contribution in [0.1, 0.15) is 31.8 Å². The zero-order valence-corrected chi connectivity index (χ0v) is 16.6. The lowest BCUT2D eigenvalue weighted by Gasteiger charge is -2.09. The Balaban J connectivity index is 1.41. The topological polar surface area (TPSA) is 71.1 Å². The minimum absolute atomic E-state index is 0.180. The van der Waals surface area contributed by atoms with Gasteiger partial charge < -0.3 is 10.6 Å². The molecule has 0 aliphatic heterocycles. The lowest BCUT2D eigenvalue weighted by Crippen LogP contribution is -2.23. The summed E-state index contributed by atoms with van der Waals surface area (Å²) in [6.07, 6.45) is 1.70. The molecule has 4 rings (SSSR count). The summed E-state index contributed by atoms with van der Waals surface area (Å²) in [6.45, 7) is 2.48. The third-order valence-electron chi connectivity index (χ3n) is 4.86. The Morgan fingerprint density at radius 1 is 0.800 bits per heavy atom. The fourth-order valence-corrected chi connectivity index (χ4v) is 3.16. The van der Waals surface area contributed by atoms with Gasteiger partial charge in [0.1, 0.15) is 0 Å². The summed E-state index contributed by atoms with van der Waals surface area (Å²) in [5.41, 5.74) is 4.58. The maximum absolute atomic E-state index is 12.6. The van der Waals surface area contributed by atoms with Crippen LogP contribution in [-0.4, -0.2) is 16.8 Å².